The van der Waals surface area contributed by atoms with Crippen LogP contribution in [-0.2, 0) is 0 Å². The third-order valence-electron chi connectivity index (χ3n) is 2.65. The van der Waals surface area contributed by atoms with Crippen LogP contribution in [0, 0.1) is 11.7 Å². The second-order valence-corrected chi connectivity index (χ2v) is 4.39. The van der Waals surface area contributed by atoms with Gasteiger partial charge in [0.25, 0.3) is 0 Å². The van der Waals surface area contributed by atoms with E-state index < -0.39 is 0 Å². The van der Waals surface area contributed by atoms with Crippen molar-refractivity contribution in [1.29, 1.82) is 0 Å². The highest BCUT2D eigenvalue weighted by Crippen LogP contribution is 2.37. The van der Waals surface area contributed by atoms with Crippen molar-refractivity contribution < 1.29 is 4.39 Å². The molecule has 14 heavy (non-hydrogen) atoms. The fraction of sp³-hybridized carbons (Fsp3) is 0.455. The minimum absolute atomic E-state index is 0.181. The van der Waals surface area contributed by atoms with E-state index in [0.29, 0.717) is 16.5 Å². The first kappa shape index (κ1) is 9.94. The molecule has 2 N–H and O–H groups in total. The number of benzene rings is 1. The number of hydrogen-bond acceptors (Lipinski definition) is 1. The minimum atomic E-state index is -0.286. The van der Waals surface area contributed by atoms with E-state index in [9.17, 15) is 4.39 Å². The molecule has 1 aromatic carbocycles. The van der Waals surface area contributed by atoms with Crippen LogP contribution in [0.4, 0.5) is 4.39 Å². The molecule has 1 aromatic rings. The second-order valence-electron chi connectivity index (χ2n) is 3.95. The summed E-state index contributed by atoms with van der Waals surface area (Å²) in [6.45, 7) is 0. The van der Waals surface area contributed by atoms with Crippen molar-refractivity contribution in [2.45, 2.75) is 25.3 Å². The topological polar surface area (TPSA) is 26.0 Å². The maximum absolute atomic E-state index is 13.4. The monoisotopic (exact) mass is 213 g/mol. The Kier molecular flexibility index (Phi) is 2.75. The van der Waals surface area contributed by atoms with Crippen molar-refractivity contribution in [2.24, 2.45) is 11.7 Å². The van der Waals surface area contributed by atoms with Gasteiger partial charge in [-0.25, -0.2) is 4.39 Å². The molecular formula is C11H13ClFN. The molecule has 76 valence electrons. The summed E-state index contributed by atoms with van der Waals surface area (Å²) in [5, 5.41) is 0.421. The van der Waals surface area contributed by atoms with Crippen molar-refractivity contribution in [1.82, 2.24) is 0 Å². The quantitative estimate of drug-likeness (QED) is 0.820. The van der Waals surface area contributed by atoms with Crippen LogP contribution in [0.2, 0.25) is 5.02 Å². The lowest BCUT2D eigenvalue weighted by Gasteiger charge is -2.12. The van der Waals surface area contributed by atoms with Crippen LogP contribution in [0.1, 0.15) is 30.9 Å². The van der Waals surface area contributed by atoms with Gasteiger partial charge in [-0.1, -0.05) is 30.5 Å². The summed E-state index contributed by atoms with van der Waals surface area (Å²) in [7, 11) is 0. The Morgan fingerprint density at radius 3 is 2.79 bits per heavy atom. The largest absolute Gasteiger partial charge is 0.324 e. The third kappa shape index (κ3) is 2.25. The zero-order chi connectivity index (χ0) is 10.1. The molecule has 0 unspecified atom stereocenters. The Hall–Kier alpha value is -0.600. The maximum atomic E-state index is 13.4. The van der Waals surface area contributed by atoms with Gasteiger partial charge in [-0.3, -0.25) is 0 Å². The molecular weight excluding hydrogens is 201 g/mol. The molecule has 0 saturated heterocycles. The van der Waals surface area contributed by atoms with Gasteiger partial charge in [0, 0.05) is 16.6 Å². The van der Waals surface area contributed by atoms with E-state index in [1.54, 1.807) is 12.1 Å². The lowest BCUT2D eigenvalue weighted by molar-refractivity contribution is 0.543. The SMILES string of the molecule is N[C@@H](CC1CC1)c1ccc(Cl)cc1F. The summed E-state index contributed by atoms with van der Waals surface area (Å²) in [6.07, 6.45) is 3.37. The van der Waals surface area contributed by atoms with Gasteiger partial charge < -0.3 is 5.73 Å². The summed E-state index contributed by atoms with van der Waals surface area (Å²) in [5.41, 5.74) is 6.49. The highest BCUT2D eigenvalue weighted by atomic mass is 35.5. The number of rotatable bonds is 3. The molecule has 1 atom stereocenters. The maximum Gasteiger partial charge on any atom is 0.129 e. The molecule has 0 radical (unpaired) electrons. The predicted molar refractivity (Wildman–Crippen MR) is 55.7 cm³/mol. The van der Waals surface area contributed by atoms with E-state index in [2.05, 4.69) is 0 Å². The van der Waals surface area contributed by atoms with Gasteiger partial charge in [-0.15, -0.1) is 0 Å². The van der Waals surface area contributed by atoms with E-state index in [-0.39, 0.29) is 11.9 Å². The van der Waals surface area contributed by atoms with Gasteiger partial charge in [-0.2, -0.15) is 0 Å². The molecule has 1 fully saturated rings. The summed E-state index contributed by atoms with van der Waals surface area (Å²) in [4.78, 5) is 0. The van der Waals surface area contributed by atoms with Crippen molar-refractivity contribution in [2.75, 3.05) is 0 Å². The second kappa shape index (κ2) is 3.87. The van der Waals surface area contributed by atoms with Crippen LogP contribution >= 0.6 is 11.6 Å². The fourth-order valence-corrected chi connectivity index (χ4v) is 1.80. The Bertz CT molecular complexity index is 336. The van der Waals surface area contributed by atoms with Gasteiger partial charge in [0.2, 0.25) is 0 Å². The van der Waals surface area contributed by atoms with Crippen molar-refractivity contribution in [3.8, 4) is 0 Å². The smallest absolute Gasteiger partial charge is 0.129 e. The molecule has 1 aliphatic carbocycles. The average molecular weight is 214 g/mol. The van der Waals surface area contributed by atoms with Gasteiger partial charge in [0.15, 0.2) is 0 Å². The molecule has 1 saturated carbocycles. The van der Waals surface area contributed by atoms with E-state index in [0.717, 1.165) is 6.42 Å². The Balaban J connectivity index is 2.13. The lowest BCUT2D eigenvalue weighted by Crippen LogP contribution is -2.12. The van der Waals surface area contributed by atoms with Crippen LogP contribution in [0.5, 0.6) is 0 Å². The van der Waals surface area contributed by atoms with Crippen molar-refractivity contribution >= 4 is 11.6 Å². The first-order valence-electron chi connectivity index (χ1n) is 4.87. The Morgan fingerprint density at radius 2 is 2.21 bits per heavy atom. The highest BCUT2D eigenvalue weighted by Gasteiger charge is 2.25. The summed E-state index contributed by atoms with van der Waals surface area (Å²) in [5.74, 6) is 0.422. The first-order valence-corrected chi connectivity index (χ1v) is 5.25. The highest BCUT2D eigenvalue weighted by molar-refractivity contribution is 6.30. The van der Waals surface area contributed by atoms with Gasteiger partial charge in [0.1, 0.15) is 5.82 Å². The summed E-state index contributed by atoms with van der Waals surface area (Å²) >= 11 is 5.66. The Labute approximate surface area is 88.1 Å². The standard InChI is InChI=1S/C11H13ClFN/c12-8-3-4-9(10(13)6-8)11(14)5-7-1-2-7/h3-4,6-7,11H,1-2,5,14H2/t11-/m0/s1. The zero-order valence-electron chi connectivity index (χ0n) is 7.84. The van der Waals surface area contributed by atoms with Crippen molar-refractivity contribution in [3.63, 3.8) is 0 Å². The molecule has 3 heteroatoms. The molecule has 0 aromatic heterocycles. The van der Waals surface area contributed by atoms with Crippen LogP contribution in [0.15, 0.2) is 18.2 Å². The number of halogens is 2. The molecule has 0 bridgehead atoms. The van der Waals surface area contributed by atoms with E-state index in [1.807, 2.05) is 0 Å². The van der Waals surface area contributed by atoms with Gasteiger partial charge >= 0.3 is 0 Å². The number of nitrogens with two attached hydrogens (primary N) is 1. The summed E-state index contributed by atoms with van der Waals surface area (Å²) < 4.78 is 13.4. The van der Waals surface area contributed by atoms with Crippen LogP contribution in [-0.4, -0.2) is 0 Å². The van der Waals surface area contributed by atoms with E-state index in [1.165, 1.54) is 18.9 Å². The molecule has 0 aliphatic heterocycles. The Morgan fingerprint density at radius 1 is 1.50 bits per heavy atom. The van der Waals surface area contributed by atoms with Crippen LogP contribution < -0.4 is 5.73 Å². The average Bonchev–Trinajstić information content (AvgIpc) is 2.87. The third-order valence-corrected chi connectivity index (χ3v) is 2.88. The van der Waals surface area contributed by atoms with Gasteiger partial charge in [0.05, 0.1) is 0 Å². The molecule has 0 amide bonds. The molecule has 1 aliphatic rings. The number of hydrogen-bond donors (Lipinski definition) is 1. The molecule has 2 rings (SSSR count). The fourth-order valence-electron chi connectivity index (χ4n) is 1.64. The molecule has 1 nitrogen and oxygen atoms in total. The van der Waals surface area contributed by atoms with E-state index >= 15 is 0 Å². The van der Waals surface area contributed by atoms with Gasteiger partial charge in [-0.05, 0) is 24.5 Å². The minimum Gasteiger partial charge on any atom is -0.324 e. The molecule has 0 heterocycles. The van der Waals surface area contributed by atoms with E-state index in [4.69, 9.17) is 17.3 Å². The van der Waals surface area contributed by atoms with Crippen molar-refractivity contribution in [3.05, 3.63) is 34.6 Å². The lowest BCUT2D eigenvalue weighted by atomic mass is 10.0. The predicted octanol–water partition coefficient (Wildman–Crippen LogP) is 3.28. The summed E-state index contributed by atoms with van der Waals surface area (Å²) in [6, 6.07) is 4.51. The molecule has 0 spiro atoms. The van der Waals surface area contributed by atoms with Crippen LogP contribution in [0.3, 0.4) is 0 Å². The first-order chi connectivity index (χ1) is 6.66. The van der Waals surface area contributed by atoms with Crippen LogP contribution in [0.25, 0.3) is 0 Å². The zero-order valence-corrected chi connectivity index (χ0v) is 8.60. The normalized spacial score (nSPS) is 18.2.